The highest BCUT2D eigenvalue weighted by Gasteiger charge is 2.48. The largest absolute Gasteiger partial charge is 0.388 e. The molecule has 230 valence electrons. The maximum absolute atomic E-state index is 13.7. The third-order valence-electron chi connectivity index (χ3n) is 9.42. The van der Waals surface area contributed by atoms with Gasteiger partial charge in [0.2, 0.25) is 0 Å². The second-order valence-electron chi connectivity index (χ2n) is 12.2. The van der Waals surface area contributed by atoms with Crippen molar-refractivity contribution in [2.24, 2.45) is 11.3 Å². The molecule has 0 saturated carbocycles. The number of aliphatic hydroxyl groups excluding tert-OH is 1. The number of hydrogen-bond donors (Lipinski definition) is 4. The first-order valence-corrected chi connectivity index (χ1v) is 15.4. The lowest BCUT2D eigenvalue weighted by molar-refractivity contribution is 0.0495. The second kappa shape index (κ2) is 12.3. The minimum Gasteiger partial charge on any atom is -0.388 e. The Morgan fingerprint density at radius 1 is 1.07 bits per heavy atom. The number of H-pyrrole nitrogens is 2. The van der Waals surface area contributed by atoms with E-state index in [4.69, 9.17) is 0 Å². The minimum absolute atomic E-state index is 0.0254. The van der Waals surface area contributed by atoms with E-state index >= 15 is 0 Å². The Kier molecular flexibility index (Phi) is 7.86. The number of aliphatic hydroxyl groups is 1. The zero-order valence-corrected chi connectivity index (χ0v) is 24.9. The molecule has 2 fully saturated rings. The number of amides is 2. The van der Waals surface area contributed by atoms with Crippen molar-refractivity contribution in [2.75, 3.05) is 32.7 Å². The van der Waals surface area contributed by atoms with E-state index in [2.05, 4.69) is 59.4 Å². The Morgan fingerprint density at radius 2 is 1.91 bits per heavy atom. The van der Waals surface area contributed by atoms with E-state index in [-0.39, 0.29) is 29.8 Å². The smallest absolute Gasteiger partial charge is 0.272 e. The highest BCUT2D eigenvalue weighted by Crippen LogP contribution is 2.45. The molecule has 2 aliphatic rings. The van der Waals surface area contributed by atoms with Crippen LogP contribution in [-0.2, 0) is 13.2 Å². The van der Waals surface area contributed by atoms with Gasteiger partial charge in [0.05, 0.1) is 17.4 Å². The Hall–Kier alpha value is -4.87. The summed E-state index contributed by atoms with van der Waals surface area (Å²) in [5.74, 6) is 0.518. The molecule has 1 atom stereocenters. The van der Waals surface area contributed by atoms with Crippen LogP contribution in [0.2, 0.25) is 0 Å². The molecule has 5 aromatic rings. The summed E-state index contributed by atoms with van der Waals surface area (Å²) < 4.78 is 0. The third-order valence-corrected chi connectivity index (χ3v) is 9.42. The molecule has 11 nitrogen and oxygen atoms in total. The fourth-order valence-electron chi connectivity index (χ4n) is 7.04. The van der Waals surface area contributed by atoms with Crippen molar-refractivity contribution in [1.29, 1.82) is 0 Å². The molecule has 2 aromatic carbocycles. The van der Waals surface area contributed by atoms with Gasteiger partial charge < -0.3 is 25.3 Å². The van der Waals surface area contributed by atoms with Crippen LogP contribution in [0, 0.1) is 11.3 Å². The topological polar surface area (TPSA) is 143 Å². The molecule has 7 rings (SSSR count). The lowest BCUT2D eigenvalue weighted by atomic mass is 9.70. The van der Waals surface area contributed by atoms with Crippen LogP contribution < -0.4 is 5.32 Å². The van der Waals surface area contributed by atoms with E-state index in [1.54, 1.807) is 36.9 Å². The molecular weight excluding hydrogens is 568 g/mol. The summed E-state index contributed by atoms with van der Waals surface area (Å²) in [6, 6.07) is 19.6. The third kappa shape index (κ3) is 5.84. The van der Waals surface area contributed by atoms with Gasteiger partial charge in [-0.25, -0.2) is 9.97 Å². The molecule has 1 spiro atoms. The van der Waals surface area contributed by atoms with Gasteiger partial charge in [-0.1, -0.05) is 30.3 Å². The maximum atomic E-state index is 13.7. The fraction of sp³-hybridized carbons (Fsp3) is 0.324. The van der Waals surface area contributed by atoms with Crippen LogP contribution in [0.1, 0.15) is 45.1 Å². The van der Waals surface area contributed by atoms with Gasteiger partial charge in [0, 0.05) is 62.8 Å². The average molecular weight is 605 g/mol. The first-order chi connectivity index (χ1) is 22.0. The molecule has 3 aromatic heterocycles. The van der Waals surface area contributed by atoms with Crippen LogP contribution in [-0.4, -0.2) is 84.4 Å². The normalized spacial score (nSPS) is 18.1. The van der Waals surface area contributed by atoms with Crippen molar-refractivity contribution < 1.29 is 14.7 Å². The second-order valence-corrected chi connectivity index (χ2v) is 12.2. The molecule has 0 radical (unpaired) electrons. The van der Waals surface area contributed by atoms with Crippen LogP contribution in [0.25, 0.3) is 22.3 Å². The van der Waals surface area contributed by atoms with Crippen molar-refractivity contribution in [3.63, 3.8) is 0 Å². The lowest BCUT2D eigenvalue weighted by Crippen LogP contribution is -2.48. The van der Waals surface area contributed by atoms with E-state index in [0.29, 0.717) is 47.9 Å². The van der Waals surface area contributed by atoms with Crippen molar-refractivity contribution in [3.8, 4) is 11.3 Å². The van der Waals surface area contributed by atoms with Crippen LogP contribution in [0.4, 0.5) is 0 Å². The van der Waals surface area contributed by atoms with E-state index < -0.39 is 0 Å². The number of hydrogen-bond acceptors (Lipinski definition) is 7. The van der Waals surface area contributed by atoms with Gasteiger partial charge in [-0.15, -0.1) is 0 Å². The summed E-state index contributed by atoms with van der Waals surface area (Å²) in [6.07, 6.45) is 6.69. The predicted octanol–water partition coefficient (Wildman–Crippen LogP) is 3.62. The van der Waals surface area contributed by atoms with Crippen LogP contribution in [0.15, 0.2) is 79.4 Å². The van der Waals surface area contributed by atoms with E-state index in [9.17, 15) is 14.7 Å². The number of likely N-dealkylation sites (tertiary alicyclic amines) is 2. The molecular formula is C34H36N8O3. The number of carbonyl (C=O) groups is 2. The summed E-state index contributed by atoms with van der Waals surface area (Å²) in [7, 11) is 0. The number of imidazole rings is 2. The zero-order valence-electron chi connectivity index (χ0n) is 24.9. The van der Waals surface area contributed by atoms with Gasteiger partial charge in [-0.05, 0) is 60.1 Å². The average Bonchev–Trinajstić information content (AvgIpc) is 3.81. The molecule has 11 heteroatoms. The molecule has 0 bridgehead atoms. The number of aromatic nitrogens is 5. The Bertz CT molecular complexity index is 1790. The van der Waals surface area contributed by atoms with E-state index in [1.165, 1.54) is 5.56 Å². The van der Waals surface area contributed by atoms with Gasteiger partial charge >= 0.3 is 0 Å². The predicted molar refractivity (Wildman–Crippen MR) is 169 cm³/mol. The van der Waals surface area contributed by atoms with E-state index in [1.807, 2.05) is 23.1 Å². The molecule has 45 heavy (non-hydrogen) atoms. The number of pyridine rings is 1. The zero-order chi connectivity index (χ0) is 30.8. The minimum atomic E-state index is -0.184. The summed E-state index contributed by atoms with van der Waals surface area (Å²) in [6.45, 7) is 4.27. The number of benzene rings is 2. The molecule has 0 aliphatic carbocycles. The Balaban J connectivity index is 1.06. The van der Waals surface area contributed by atoms with Gasteiger partial charge in [0.25, 0.3) is 11.8 Å². The summed E-state index contributed by atoms with van der Waals surface area (Å²) in [4.78, 5) is 50.5. The quantitative estimate of drug-likeness (QED) is 0.212. The van der Waals surface area contributed by atoms with Gasteiger partial charge in [0.15, 0.2) is 0 Å². The molecule has 5 heterocycles. The number of carbonyl (C=O) groups excluding carboxylic acids is 2. The first-order valence-electron chi connectivity index (χ1n) is 15.4. The number of rotatable bonds is 8. The van der Waals surface area contributed by atoms with Crippen LogP contribution in [0.5, 0.6) is 0 Å². The number of fused-ring (bicyclic) bond motifs is 1. The fourth-order valence-corrected chi connectivity index (χ4v) is 7.04. The summed E-state index contributed by atoms with van der Waals surface area (Å²) >= 11 is 0. The first kappa shape index (κ1) is 28.9. The van der Waals surface area contributed by atoms with Gasteiger partial charge in [0.1, 0.15) is 23.8 Å². The molecule has 2 amide bonds. The molecule has 2 saturated heterocycles. The number of nitrogens with zero attached hydrogens (tertiary/aromatic N) is 5. The molecule has 2 aliphatic heterocycles. The summed E-state index contributed by atoms with van der Waals surface area (Å²) in [5.41, 5.74) is 5.13. The highest BCUT2D eigenvalue weighted by molar-refractivity contribution is 5.98. The van der Waals surface area contributed by atoms with Gasteiger partial charge in [-0.2, -0.15) is 0 Å². The monoisotopic (exact) mass is 604 g/mol. The highest BCUT2D eigenvalue weighted by atomic mass is 16.3. The Labute approximate surface area is 260 Å². The van der Waals surface area contributed by atoms with Crippen molar-refractivity contribution in [1.82, 2.24) is 40.0 Å². The number of piperidine rings is 1. The van der Waals surface area contributed by atoms with Gasteiger partial charge in [-0.3, -0.25) is 19.5 Å². The maximum Gasteiger partial charge on any atom is 0.272 e. The van der Waals surface area contributed by atoms with Crippen molar-refractivity contribution in [2.45, 2.75) is 26.0 Å². The lowest BCUT2D eigenvalue weighted by Gasteiger charge is -2.42. The van der Waals surface area contributed by atoms with Crippen LogP contribution >= 0.6 is 0 Å². The summed E-state index contributed by atoms with van der Waals surface area (Å²) in [5, 5.41) is 12.6. The number of nitrogens with one attached hydrogen (secondary N) is 3. The van der Waals surface area contributed by atoms with Crippen molar-refractivity contribution >= 4 is 22.8 Å². The number of aromatic amines is 2. The van der Waals surface area contributed by atoms with E-state index in [0.717, 1.165) is 43.6 Å². The molecule has 1 unspecified atom stereocenters. The van der Waals surface area contributed by atoms with Crippen LogP contribution in [0.3, 0.4) is 0 Å². The SMILES string of the molecule is O=C(NCC1CN(Cc2ccccc2)CC12CCN(C(=O)c1[nH]cnc1-c1cccnc1)CC2)c1ccc2nc(CO)[nH]c2c1. The molecule has 4 N–H and O–H groups in total. The Morgan fingerprint density at radius 3 is 2.69 bits per heavy atom. The van der Waals surface area contributed by atoms with Crippen molar-refractivity contribution in [3.05, 3.63) is 102 Å². The standard InChI is InChI=1S/C34H36N8O3/c43-20-29-39-27-9-8-24(15-28(27)40-29)32(44)36-17-26-19-41(18-23-5-2-1-3-6-23)21-34(26)10-13-42(14-11-34)33(45)31-30(37-22-38-31)25-7-4-12-35-16-25/h1-9,12,15-16,22,26,43H,10-11,13-14,17-21H2,(H,36,44)(H,37,38)(H,39,40).